The zero-order chi connectivity index (χ0) is 12.1. The lowest BCUT2D eigenvalue weighted by molar-refractivity contribution is 0.0979. The first-order chi connectivity index (χ1) is 8.31. The van der Waals surface area contributed by atoms with Gasteiger partial charge in [0.05, 0.1) is 6.61 Å². The van der Waals surface area contributed by atoms with Gasteiger partial charge < -0.3 is 4.74 Å². The van der Waals surface area contributed by atoms with Gasteiger partial charge in [-0.25, -0.2) is 0 Å². The van der Waals surface area contributed by atoms with Crippen molar-refractivity contribution < 1.29 is 9.53 Å². The second-order valence-electron chi connectivity index (χ2n) is 4.34. The van der Waals surface area contributed by atoms with Gasteiger partial charge in [0.15, 0.2) is 5.78 Å². The van der Waals surface area contributed by atoms with Gasteiger partial charge in [-0.1, -0.05) is 22.4 Å². The van der Waals surface area contributed by atoms with Gasteiger partial charge >= 0.3 is 0 Å². The number of hydrogen-bond acceptors (Lipinski definition) is 2. The van der Waals surface area contributed by atoms with E-state index in [2.05, 4.69) is 15.9 Å². The summed E-state index contributed by atoms with van der Waals surface area (Å²) >= 11 is 3.40. The number of unbranched alkanes of at least 4 members (excludes halogenated alkanes) is 2. The minimum atomic E-state index is 0.259. The van der Waals surface area contributed by atoms with Crippen LogP contribution in [0.25, 0.3) is 0 Å². The molecule has 0 amide bonds. The highest BCUT2D eigenvalue weighted by Crippen LogP contribution is 2.26. The summed E-state index contributed by atoms with van der Waals surface area (Å²) in [7, 11) is 0. The number of ketones is 1. The van der Waals surface area contributed by atoms with Gasteiger partial charge in [-0.15, -0.1) is 0 Å². The van der Waals surface area contributed by atoms with Gasteiger partial charge in [-0.3, -0.25) is 4.79 Å². The Balaban J connectivity index is 1.91. The number of fused-ring (bicyclic) bond motifs is 1. The number of carbonyl (C=O) groups excluding carboxylic acids is 1. The summed E-state index contributed by atoms with van der Waals surface area (Å²) in [6.07, 6.45) is 4.83. The van der Waals surface area contributed by atoms with Gasteiger partial charge in [0.1, 0.15) is 5.75 Å². The molecule has 0 saturated heterocycles. The van der Waals surface area contributed by atoms with Crippen LogP contribution in [0.2, 0.25) is 0 Å². The molecule has 0 bridgehead atoms. The molecule has 0 spiro atoms. The number of Topliss-reactive ketones (excluding diaryl/α,β-unsaturated/α-hetero) is 1. The molecule has 1 aromatic rings. The Kier molecular flexibility index (Phi) is 4.60. The number of rotatable bonds is 6. The number of alkyl halides is 1. The summed E-state index contributed by atoms with van der Waals surface area (Å²) in [5.74, 6) is 1.20. The fourth-order valence-electron chi connectivity index (χ4n) is 2.06. The van der Waals surface area contributed by atoms with Crippen molar-refractivity contribution in [1.82, 2.24) is 0 Å². The lowest BCUT2D eigenvalue weighted by Gasteiger charge is -2.03. The molecule has 1 heterocycles. The van der Waals surface area contributed by atoms with E-state index in [-0.39, 0.29) is 5.78 Å². The van der Waals surface area contributed by atoms with Crippen molar-refractivity contribution in [2.45, 2.75) is 32.1 Å². The highest BCUT2D eigenvalue weighted by atomic mass is 79.9. The zero-order valence-corrected chi connectivity index (χ0v) is 11.5. The first-order valence-corrected chi connectivity index (χ1v) is 7.28. The van der Waals surface area contributed by atoms with E-state index in [0.29, 0.717) is 6.42 Å². The molecule has 0 aliphatic carbocycles. The predicted molar refractivity (Wildman–Crippen MR) is 72.2 cm³/mol. The van der Waals surface area contributed by atoms with Crippen molar-refractivity contribution in [3.63, 3.8) is 0 Å². The summed E-state index contributed by atoms with van der Waals surface area (Å²) in [6.45, 7) is 0.748. The van der Waals surface area contributed by atoms with Gasteiger partial charge in [0.2, 0.25) is 0 Å². The standard InChI is InChI=1S/C14H17BrO2/c15-8-3-1-2-4-13(16)11-5-6-14-12(10-11)7-9-17-14/h5-6,10H,1-4,7-9H2. The van der Waals surface area contributed by atoms with E-state index in [4.69, 9.17) is 4.74 Å². The fraction of sp³-hybridized carbons (Fsp3) is 0.500. The average Bonchev–Trinajstić information content (AvgIpc) is 2.81. The Morgan fingerprint density at radius 1 is 1.29 bits per heavy atom. The number of ether oxygens (including phenoxy) is 1. The van der Waals surface area contributed by atoms with Crippen LogP contribution in [0, 0.1) is 0 Å². The number of carbonyl (C=O) groups is 1. The van der Waals surface area contributed by atoms with Gasteiger partial charge in [-0.05, 0) is 36.6 Å². The van der Waals surface area contributed by atoms with Crippen LogP contribution in [0.1, 0.15) is 41.6 Å². The fourth-order valence-corrected chi connectivity index (χ4v) is 2.46. The molecule has 3 heteroatoms. The lowest BCUT2D eigenvalue weighted by Crippen LogP contribution is -1.99. The molecule has 17 heavy (non-hydrogen) atoms. The molecule has 0 N–H and O–H groups in total. The second-order valence-corrected chi connectivity index (χ2v) is 5.14. The summed E-state index contributed by atoms with van der Waals surface area (Å²) < 4.78 is 5.43. The number of benzene rings is 1. The minimum absolute atomic E-state index is 0.259. The maximum atomic E-state index is 12.0. The number of halogens is 1. The van der Waals surface area contributed by atoms with E-state index in [1.54, 1.807) is 0 Å². The Bertz CT molecular complexity index is 401. The monoisotopic (exact) mass is 296 g/mol. The molecule has 1 aliphatic rings. The quantitative estimate of drug-likeness (QED) is 0.454. The van der Waals surface area contributed by atoms with E-state index in [0.717, 1.165) is 48.9 Å². The summed E-state index contributed by atoms with van der Waals surface area (Å²) in [5.41, 5.74) is 2.02. The summed E-state index contributed by atoms with van der Waals surface area (Å²) in [4.78, 5) is 12.0. The first-order valence-electron chi connectivity index (χ1n) is 6.16. The molecule has 0 fully saturated rings. The third-order valence-corrected chi connectivity index (χ3v) is 3.61. The Labute approximate surface area is 110 Å². The van der Waals surface area contributed by atoms with E-state index in [1.807, 2.05) is 18.2 Å². The zero-order valence-electron chi connectivity index (χ0n) is 9.88. The van der Waals surface area contributed by atoms with Crippen LogP contribution in [0.5, 0.6) is 5.75 Å². The molecule has 0 unspecified atom stereocenters. The summed E-state index contributed by atoms with van der Waals surface area (Å²) in [5, 5.41) is 1.03. The normalized spacial score (nSPS) is 13.2. The summed E-state index contributed by atoms with van der Waals surface area (Å²) in [6, 6.07) is 5.81. The van der Waals surface area contributed by atoms with Crippen LogP contribution in [0.4, 0.5) is 0 Å². The molecule has 2 nitrogen and oxygen atoms in total. The third-order valence-electron chi connectivity index (χ3n) is 3.05. The maximum absolute atomic E-state index is 12.0. The molecule has 1 aliphatic heterocycles. The van der Waals surface area contributed by atoms with Gasteiger partial charge in [-0.2, -0.15) is 0 Å². The van der Waals surface area contributed by atoms with E-state index >= 15 is 0 Å². The third kappa shape index (κ3) is 3.32. The van der Waals surface area contributed by atoms with Crippen LogP contribution < -0.4 is 4.74 Å². The molecule has 0 aromatic heterocycles. The van der Waals surface area contributed by atoms with Crippen molar-refractivity contribution in [2.24, 2.45) is 0 Å². The molecular weight excluding hydrogens is 280 g/mol. The number of hydrogen-bond donors (Lipinski definition) is 0. The molecule has 0 saturated carbocycles. The smallest absolute Gasteiger partial charge is 0.162 e. The molecular formula is C14H17BrO2. The van der Waals surface area contributed by atoms with Crippen molar-refractivity contribution >= 4 is 21.7 Å². The average molecular weight is 297 g/mol. The van der Waals surface area contributed by atoms with Crippen LogP contribution in [-0.4, -0.2) is 17.7 Å². The molecule has 0 atom stereocenters. The predicted octanol–water partition coefficient (Wildman–Crippen LogP) is 3.76. The van der Waals surface area contributed by atoms with Gasteiger partial charge in [0.25, 0.3) is 0 Å². The van der Waals surface area contributed by atoms with Crippen LogP contribution in [0.3, 0.4) is 0 Å². The Morgan fingerprint density at radius 3 is 3.00 bits per heavy atom. The van der Waals surface area contributed by atoms with E-state index in [9.17, 15) is 4.79 Å². The lowest BCUT2D eigenvalue weighted by atomic mass is 10.0. The minimum Gasteiger partial charge on any atom is -0.493 e. The Morgan fingerprint density at radius 2 is 2.18 bits per heavy atom. The highest BCUT2D eigenvalue weighted by Gasteiger charge is 2.14. The Hall–Kier alpha value is -0.830. The molecule has 0 radical (unpaired) electrons. The van der Waals surface area contributed by atoms with Crippen molar-refractivity contribution in [3.05, 3.63) is 29.3 Å². The van der Waals surface area contributed by atoms with E-state index in [1.165, 1.54) is 5.56 Å². The SMILES string of the molecule is O=C(CCCCCBr)c1ccc2c(c1)CCO2. The van der Waals surface area contributed by atoms with Crippen LogP contribution in [0.15, 0.2) is 18.2 Å². The van der Waals surface area contributed by atoms with E-state index < -0.39 is 0 Å². The van der Waals surface area contributed by atoms with Crippen molar-refractivity contribution in [1.29, 1.82) is 0 Å². The van der Waals surface area contributed by atoms with Crippen LogP contribution >= 0.6 is 15.9 Å². The second kappa shape index (κ2) is 6.20. The van der Waals surface area contributed by atoms with Crippen molar-refractivity contribution in [2.75, 3.05) is 11.9 Å². The first kappa shape index (κ1) is 12.6. The van der Waals surface area contributed by atoms with Crippen molar-refractivity contribution in [3.8, 4) is 5.75 Å². The van der Waals surface area contributed by atoms with Crippen LogP contribution in [-0.2, 0) is 6.42 Å². The topological polar surface area (TPSA) is 26.3 Å². The molecule has 92 valence electrons. The molecule has 1 aromatic carbocycles. The largest absolute Gasteiger partial charge is 0.493 e. The maximum Gasteiger partial charge on any atom is 0.162 e. The highest BCUT2D eigenvalue weighted by molar-refractivity contribution is 9.09. The van der Waals surface area contributed by atoms with Gasteiger partial charge in [0, 0.05) is 23.7 Å². The molecule has 2 rings (SSSR count).